The van der Waals surface area contributed by atoms with Crippen molar-refractivity contribution in [1.82, 2.24) is 15.3 Å². The van der Waals surface area contributed by atoms with Gasteiger partial charge in [0.1, 0.15) is 0 Å². The fraction of sp³-hybridized carbons (Fsp3) is 0.300. The second-order valence-electron chi connectivity index (χ2n) is 3.02. The van der Waals surface area contributed by atoms with Crippen molar-refractivity contribution in [2.45, 2.75) is 12.8 Å². The summed E-state index contributed by atoms with van der Waals surface area (Å²) in [4.78, 5) is 12.0. The van der Waals surface area contributed by atoms with Gasteiger partial charge < -0.3 is 5.32 Å². The highest BCUT2D eigenvalue weighted by Crippen LogP contribution is 2.19. The van der Waals surface area contributed by atoms with Crippen molar-refractivity contribution in [2.24, 2.45) is 0 Å². The second kappa shape index (κ2) is 7.24. The minimum absolute atomic E-state index is 0.00409. The molecule has 1 aliphatic heterocycles. The summed E-state index contributed by atoms with van der Waals surface area (Å²) in [5.41, 5.74) is 2.57. The number of rotatable bonds is 3. The predicted molar refractivity (Wildman–Crippen MR) is 64.0 cm³/mol. The third-order valence-electron chi connectivity index (χ3n) is 1.80. The van der Waals surface area contributed by atoms with Gasteiger partial charge in [0.25, 0.3) is 0 Å². The Kier molecular flexibility index (Phi) is 5.87. The van der Waals surface area contributed by atoms with Crippen molar-refractivity contribution >= 4 is 17.9 Å². The van der Waals surface area contributed by atoms with Crippen molar-refractivity contribution in [3.05, 3.63) is 35.4 Å². The first-order valence-electron chi connectivity index (χ1n) is 4.89. The Morgan fingerprint density at radius 1 is 1.62 bits per heavy atom. The molecule has 0 aromatic rings. The summed E-state index contributed by atoms with van der Waals surface area (Å²) in [6, 6.07) is 0. The molecule has 0 bridgehead atoms. The molecule has 0 fully saturated rings. The average Bonchev–Trinajstić information content (AvgIpc) is 2.29. The van der Waals surface area contributed by atoms with Gasteiger partial charge in [0.15, 0.2) is 0 Å². The number of nitrogens with zero attached hydrogens (tertiary/aromatic N) is 1. The minimum atomic E-state index is 0.00409. The van der Waals surface area contributed by atoms with Crippen LogP contribution in [0.1, 0.15) is 12.8 Å². The van der Waals surface area contributed by atoms with Crippen LogP contribution in [0.5, 0.6) is 0 Å². The molecule has 0 spiro atoms. The Morgan fingerprint density at radius 2 is 2.44 bits per heavy atom. The van der Waals surface area contributed by atoms with Gasteiger partial charge in [-0.05, 0) is 18.6 Å². The van der Waals surface area contributed by atoms with E-state index in [1.807, 2.05) is 12.2 Å². The van der Waals surface area contributed by atoms with Gasteiger partial charge in [-0.15, -0.1) is 0 Å². The predicted octanol–water partition coefficient (Wildman–Crippen LogP) is 1.32. The highest BCUT2D eigenvalue weighted by atomic mass is 32.2. The molecule has 16 heavy (non-hydrogen) atoms. The molecule has 0 aromatic heterocycles. The van der Waals surface area contributed by atoms with E-state index in [4.69, 9.17) is 0 Å². The molecular weight excluding hydrogens is 226 g/mol. The maximum Gasteiger partial charge on any atom is 0.224 e. The first-order chi connectivity index (χ1) is 7.72. The van der Waals surface area contributed by atoms with Crippen LogP contribution in [0, 0.1) is 0 Å². The topological polar surface area (TPSA) is 64.6 Å². The number of amides is 1. The number of allylic oxidation sites excluding steroid dienone is 4. The van der Waals surface area contributed by atoms with Crippen LogP contribution in [-0.4, -0.2) is 22.7 Å². The van der Waals surface area contributed by atoms with E-state index in [1.165, 1.54) is 0 Å². The first-order valence-corrected chi connectivity index (χ1v) is 5.67. The van der Waals surface area contributed by atoms with E-state index in [9.17, 15) is 10.0 Å². The average molecular weight is 241 g/mol. The van der Waals surface area contributed by atoms with Crippen molar-refractivity contribution in [3.8, 4) is 0 Å². The van der Waals surface area contributed by atoms with Crippen LogP contribution >= 0.6 is 11.9 Å². The molecule has 0 saturated carbocycles. The smallest absolute Gasteiger partial charge is 0.224 e. The second-order valence-corrected chi connectivity index (χ2v) is 4.02. The van der Waals surface area contributed by atoms with Gasteiger partial charge in [-0.2, -0.15) is 0 Å². The van der Waals surface area contributed by atoms with Crippen molar-refractivity contribution in [1.29, 1.82) is 0 Å². The molecule has 0 unspecified atom stereocenters. The van der Waals surface area contributed by atoms with Gasteiger partial charge in [0, 0.05) is 36.5 Å². The van der Waals surface area contributed by atoms with Crippen molar-refractivity contribution in [2.75, 3.05) is 7.05 Å². The summed E-state index contributed by atoms with van der Waals surface area (Å²) in [6.07, 6.45) is 10.0. The third-order valence-corrected chi connectivity index (χ3v) is 2.64. The van der Waals surface area contributed by atoms with E-state index < -0.39 is 0 Å². The lowest BCUT2D eigenvalue weighted by Crippen LogP contribution is -2.24. The standard InChI is InChI=1S/C10H15N3O2S/c1-11-13(15)16-9-5-2-3-7-10(14)12-8-4-6-9/h2,4-6,8,11,15H,3,7H2,1H3,(H,12,14)/b5-2+,8-4+,9-6+. The fourth-order valence-electron chi connectivity index (χ4n) is 1.03. The molecule has 1 aliphatic rings. The molecule has 3 N–H and O–H groups in total. The Labute approximate surface area is 98.9 Å². The number of hydrogen-bond donors (Lipinski definition) is 3. The highest BCUT2D eigenvalue weighted by molar-refractivity contribution is 8.00. The zero-order chi connectivity index (χ0) is 11.8. The number of carbonyl (C=O) groups is 1. The van der Waals surface area contributed by atoms with Crippen molar-refractivity contribution in [3.63, 3.8) is 0 Å². The SMILES string of the molecule is CNN(O)SC1=C/C=C/NC(=O)CC\C=C\1. The molecule has 6 heteroatoms. The molecule has 0 saturated heterocycles. The number of carbonyl (C=O) groups excluding carboxylic acids is 1. The van der Waals surface area contributed by atoms with Gasteiger partial charge in [0.2, 0.25) is 5.91 Å². The van der Waals surface area contributed by atoms with Crippen LogP contribution < -0.4 is 10.7 Å². The van der Waals surface area contributed by atoms with Gasteiger partial charge in [0.05, 0.1) is 0 Å². The fourth-order valence-corrected chi connectivity index (χ4v) is 1.62. The number of hydrogen-bond acceptors (Lipinski definition) is 5. The monoisotopic (exact) mass is 241 g/mol. The molecule has 0 aliphatic carbocycles. The van der Waals surface area contributed by atoms with E-state index in [1.54, 1.807) is 25.4 Å². The van der Waals surface area contributed by atoms with E-state index in [2.05, 4.69) is 10.7 Å². The van der Waals surface area contributed by atoms with Gasteiger partial charge >= 0.3 is 0 Å². The third kappa shape index (κ3) is 5.13. The molecule has 88 valence electrons. The van der Waals surface area contributed by atoms with E-state index >= 15 is 0 Å². The largest absolute Gasteiger partial charge is 0.333 e. The summed E-state index contributed by atoms with van der Waals surface area (Å²) in [5, 5.41) is 11.9. The molecule has 0 atom stereocenters. The lowest BCUT2D eigenvalue weighted by Gasteiger charge is -2.11. The Hall–Kier alpha value is -1.08. The Balaban J connectivity index is 2.65. The lowest BCUT2D eigenvalue weighted by molar-refractivity contribution is -0.120. The van der Waals surface area contributed by atoms with E-state index in [0.29, 0.717) is 12.8 Å². The molecule has 1 heterocycles. The van der Waals surface area contributed by atoms with Crippen LogP contribution in [0.4, 0.5) is 0 Å². The van der Waals surface area contributed by atoms with Crippen molar-refractivity contribution < 1.29 is 10.0 Å². The van der Waals surface area contributed by atoms with Gasteiger partial charge in [-0.1, -0.05) is 16.7 Å². The van der Waals surface area contributed by atoms with Crippen LogP contribution in [0.15, 0.2) is 35.4 Å². The van der Waals surface area contributed by atoms with E-state index in [-0.39, 0.29) is 5.91 Å². The zero-order valence-electron chi connectivity index (χ0n) is 9.01. The van der Waals surface area contributed by atoms with Crippen LogP contribution in [-0.2, 0) is 4.79 Å². The minimum Gasteiger partial charge on any atom is -0.333 e. The van der Waals surface area contributed by atoms with Gasteiger partial charge in [-0.3, -0.25) is 10.0 Å². The van der Waals surface area contributed by atoms with Crippen LogP contribution in [0.3, 0.4) is 0 Å². The lowest BCUT2D eigenvalue weighted by atomic mass is 10.2. The zero-order valence-corrected chi connectivity index (χ0v) is 9.83. The van der Waals surface area contributed by atoms with Crippen LogP contribution in [0.25, 0.3) is 0 Å². The summed E-state index contributed by atoms with van der Waals surface area (Å²) in [6.45, 7) is 0. The quantitative estimate of drug-likeness (QED) is 0.514. The van der Waals surface area contributed by atoms with Crippen LogP contribution in [0.2, 0.25) is 0 Å². The summed E-state index contributed by atoms with van der Waals surface area (Å²) < 4.78 is 0.911. The van der Waals surface area contributed by atoms with E-state index in [0.717, 1.165) is 21.4 Å². The molecule has 1 amide bonds. The molecule has 1 rings (SSSR count). The Bertz CT molecular complexity index is 326. The van der Waals surface area contributed by atoms with Gasteiger partial charge in [-0.25, -0.2) is 5.43 Å². The normalized spacial score (nSPS) is 24.4. The maximum atomic E-state index is 11.1. The molecule has 0 radical (unpaired) electrons. The molecule has 5 nitrogen and oxygen atoms in total. The first kappa shape index (κ1) is 13.0. The number of nitrogens with one attached hydrogen (secondary N) is 2. The highest BCUT2D eigenvalue weighted by Gasteiger charge is 2.02. The molecular formula is C10H15N3O2S. The number of hydrazine groups is 1. The maximum absolute atomic E-state index is 11.1. The summed E-state index contributed by atoms with van der Waals surface area (Å²) in [7, 11) is 1.62. The summed E-state index contributed by atoms with van der Waals surface area (Å²) >= 11 is 1.15. The Morgan fingerprint density at radius 3 is 3.19 bits per heavy atom. The summed E-state index contributed by atoms with van der Waals surface area (Å²) in [5.74, 6) is 0.00409. The molecule has 0 aromatic carbocycles.